The molecule has 0 aliphatic carbocycles. The maximum atomic E-state index is 12.1. The Labute approximate surface area is 106 Å². The average molecular weight is 269 g/mol. The van der Waals surface area contributed by atoms with Crippen molar-refractivity contribution >= 4 is 21.8 Å². The predicted octanol–water partition coefficient (Wildman–Crippen LogP) is -0.0456. The molecule has 7 heteroatoms. The van der Waals surface area contributed by atoms with E-state index in [1.54, 1.807) is 12.1 Å². The fourth-order valence-electron chi connectivity index (χ4n) is 1.94. The highest BCUT2D eigenvalue weighted by molar-refractivity contribution is 7.90. The van der Waals surface area contributed by atoms with Crippen LogP contribution in [-0.4, -0.2) is 39.3 Å². The third kappa shape index (κ3) is 1.95. The molecular weight excluding hydrogens is 254 g/mol. The van der Waals surface area contributed by atoms with Gasteiger partial charge in [0.1, 0.15) is 0 Å². The molecule has 6 nitrogen and oxygen atoms in total. The zero-order valence-corrected chi connectivity index (χ0v) is 11.1. The lowest BCUT2D eigenvalue weighted by atomic mass is 10.1. The van der Waals surface area contributed by atoms with Crippen molar-refractivity contribution in [2.45, 2.75) is 6.42 Å². The van der Waals surface area contributed by atoms with Gasteiger partial charge in [0.15, 0.2) is 0 Å². The molecule has 1 aromatic carbocycles. The van der Waals surface area contributed by atoms with Crippen LogP contribution in [-0.2, 0) is 16.6 Å². The fourth-order valence-corrected chi connectivity index (χ4v) is 3.07. The number of hydrogen-bond donors (Lipinski definition) is 1. The molecule has 1 aliphatic heterocycles. The zero-order valence-electron chi connectivity index (χ0n) is 10.3. The summed E-state index contributed by atoms with van der Waals surface area (Å²) in [5, 5.41) is 0. The Hall–Kier alpha value is -1.60. The number of carbonyl (C=O) groups excluding carboxylic acids is 1. The third-order valence-corrected chi connectivity index (χ3v) is 4.82. The van der Waals surface area contributed by atoms with Gasteiger partial charge in [-0.15, -0.1) is 0 Å². The van der Waals surface area contributed by atoms with Crippen LogP contribution in [0.2, 0.25) is 0 Å². The molecule has 0 radical (unpaired) electrons. The third-order valence-electron chi connectivity index (χ3n) is 2.96. The summed E-state index contributed by atoms with van der Waals surface area (Å²) in [5.74, 6) is -0.563. The van der Waals surface area contributed by atoms with Crippen LogP contribution < -0.4 is 10.0 Å². The topological polar surface area (TPSA) is 83.7 Å². The standard InChI is InChI=1S/C11H15N3O3S/c1-13(2)18(16,17)14-6-5-8-3-4-9(11(12)15)7-10(8)14/h3-4,7H,5-6H2,1-2H3,(H2,12,15). The molecule has 0 unspecified atom stereocenters. The molecule has 0 aromatic heterocycles. The molecule has 0 fully saturated rings. The first kappa shape index (κ1) is 12.8. The zero-order chi connectivity index (χ0) is 13.5. The summed E-state index contributed by atoms with van der Waals surface area (Å²) >= 11 is 0. The van der Waals surface area contributed by atoms with E-state index in [-0.39, 0.29) is 0 Å². The van der Waals surface area contributed by atoms with Crippen molar-refractivity contribution in [3.63, 3.8) is 0 Å². The molecule has 98 valence electrons. The molecule has 2 N–H and O–H groups in total. The van der Waals surface area contributed by atoms with E-state index >= 15 is 0 Å². The number of amides is 1. The summed E-state index contributed by atoms with van der Waals surface area (Å²) in [7, 11) is -0.563. The summed E-state index contributed by atoms with van der Waals surface area (Å²) in [5.41, 5.74) is 6.97. The van der Waals surface area contributed by atoms with E-state index in [9.17, 15) is 13.2 Å². The number of hydrogen-bond acceptors (Lipinski definition) is 3. The van der Waals surface area contributed by atoms with Crippen LogP contribution in [0.5, 0.6) is 0 Å². The molecule has 1 aromatic rings. The molecule has 1 amide bonds. The maximum Gasteiger partial charge on any atom is 0.303 e. The first-order valence-corrected chi connectivity index (χ1v) is 6.86. The van der Waals surface area contributed by atoms with Crippen LogP contribution in [0.4, 0.5) is 5.69 Å². The lowest BCUT2D eigenvalue weighted by Gasteiger charge is -2.23. The summed E-state index contributed by atoms with van der Waals surface area (Å²) in [4.78, 5) is 11.1. The van der Waals surface area contributed by atoms with E-state index in [1.807, 2.05) is 0 Å². The number of primary amides is 1. The second-order valence-electron chi connectivity index (χ2n) is 4.32. The number of fused-ring (bicyclic) bond motifs is 1. The van der Waals surface area contributed by atoms with Gasteiger partial charge in [0.25, 0.3) is 0 Å². The molecule has 18 heavy (non-hydrogen) atoms. The van der Waals surface area contributed by atoms with E-state index in [4.69, 9.17) is 5.73 Å². The van der Waals surface area contributed by atoms with Gasteiger partial charge in [0, 0.05) is 26.2 Å². The minimum Gasteiger partial charge on any atom is -0.366 e. The summed E-state index contributed by atoms with van der Waals surface area (Å²) in [6.07, 6.45) is 0.640. The van der Waals surface area contributed by atoms with Gasteiger partial charge < -0.3 is 5.73 Å². The predicted molar refractivity (Wildman–Crippen MR) is 68.6 cm³/mol. The van der Waals surface area contributed by atoms with Crippen molar-refractivity contribution in [1.82, 2.24) is 4.31 Å². The van der Waals surface area contributed by atoms with Gasteiger partial charge in [-0.2, -0.15) is 12.7 Å². The Morgan fingerprint density at radius 3 is 2.61 bits per heavy atom. The lowest BCUT2D eigenvalue weighted by Crippen LogP contribution is -2.39. The van der Waals surface area contributed by atoms with E-state index in [2.05, 4.69) is 0 Å². The van der Waals surface area contributed by atoms with E-state index in [0.29, 0.717) is 24.2 Å². The second kappa shape index (κ2) is 4.25. The Morgan fingerprint density at radius 1 is 1.39 bits per heavy atom. The molecule has 1 aliphatic rings. The number of benzene rings is 1. The Morgan fingerprint density at radius 2 is 2.06 bits per heavy atom. The monoisotopic (exact) mass is 269 g/mol. The van der Waals surface area contributed by atoms with Gasteiger partial charge in [-0.1, -0.05) is 6.07 Å². The van der Waals surface area contributed by atoms with E-state index in [0.717, 1.165) is 9.87 Å². The van der Waals surface area contributed by atoms with Crippen molar-refractivity contribution in [3.05, 3.63) is 29.3 Å². The number of anilines is 1. The van der Waals surface area contributed by atoms with Crippen LogP contribution >= 0.6 is 0 Å². The van der Waals surface area contributed by atoms with Crippen molar-refractivity contribution in [1.29, 1.82) is 0 Å². The average Bonchev–Trinajstić information content (AvgIpc) is 2.71. The Balaban J connectivity index is 2.50. The van der Waals surface area contributed by atoms with Crippen LogP contribution in [0.3, 0.4) is 0 Å². The molecule has 0 spiro atoms. The van der Waals surface area contributed by atoms with E-state index in [1.165, 1.54) is 24.5 Å². The SMILES string of the molecule is CN(C)S(=O)(=O)N1CCc2ccc(C(N)=O)cc21. The summed E-state index contributed by atoms with van der Waals surface area (Å²) in [6, 6.07) is 4.90. The van der Waals surface area contributed by atoms with Crippen molar-refractivity contribution < 1.29 is 13.2 Å². The second-order valence-corrected chi connectivity index (χ2v) is 6.39. The van der Waals surface area contributed by atoms with Gasteiger partial charge in [-0.25, -0.2) is 0 Å². The van der Waals surface area contributed by atoms with Gasteiger partial charge in [-0.05, 0) is 24.1 Å². The number of rotatable bonds is 3. The summed E-state index contributed by atoms with van der Waals surface area (Å²) < 4.78 is 26.7. The van der Waals surface area contributed by atoms with Gasteiger partial charge in [0.05, 0.1) is 5.69 Å². The number of nitrogens with zero attached hydrogens (tertiary/aromatic N) is 2. The molecule has 2 rings (SSSR count). The molecule has 0 atom stereocenters. The van der Waals surface area contributed by atoms with Gasteiger partial charge in [0.2, 0.25) is 5.91 Å². The molecule has 0 saturated carbocycles. The normalized spacial score (nSPS) is 14.9. The van der Waals surface area contributed by atoms with Crippen LogP contribution in [0.1, 0.15) is 15.9 Å². The maximum absolute atomic E-state index is 12.1. The first-order chi connectivity index (χ1) is 8.34. The largest absolute Gasteiger partial charge is 0.366 e. The lowest BCUT2D eigenvalue weighted by molar-refractivity contribution is 0.100. The van der Waals surface area contributed by atoms with Crippen LogP contribution in [0, 0.1) is 0 Å². The van der Waals surface area contributed by atoms with Gasteiger partial charge >= 0.3 is 10.2 Å². The highest BCUT2D eigenvalue weighted by Crippen LogP contribution is 2.31. The summed E-state index contributed by atoms with van der Waals surface area (Å²) in [6.45, 7) is 0.387. The van der Waals surface area contributed by atoms with Crippen molar-refractivity contribution in [3.8, 4) is 0 Å². The molecule has 1 heterocycles. The highest BCUT2D eigenvalue weighted by atomic mass is 32.2. The van der Waals surface area contributed by atoms with Crippen molar-refractivity contribution in [2.24, 2.45) is 5.73 Å². The minimum atomic E-state index is -3.52. The first-order valence-electron chi connectivity index (χ1n) is 5.47. The quantitative estimate of drug-likeness (QED) is 0.835. The molecule has 0 saturated heterocycles. The fraction of sp³-hybridized carbons (Fsp3) is 0.364. The van der Waals surface area contributed by atoms with Crippen LogP contribution in [0.25, 0.3) is 0 Å². The van der Waals surface area contributed by atoms with Crippen molar-refractivity contribution in [2.75, 3.05) is 24.9 Å². The minimum absolute atomic E-state index is 0.314. The number of nitrogens with two attached hydrogens (primary N) is 1. The smallest absolute Gasteiger partial charge is 0.303 e. The molecule has 0 bridgehead atoms. The van der Waals surface area contributed by atoms with Crippen LogP contribution in [0.15, 0.2) is 18.2 Å². The van der Waals surface area contributed by atoms with E-state index < -0.39 is 16.1 Å². The molecular formula is C11H15N3O3S. The van der Waals surface area contributed by atoms with Gasteiger partial charge in [-0.3, -0.25) is 9.10 Å². The Bertz CT molecular complexity index is 596. The Kier molecular flexibility index (Phi) is 3.04. The number of carbonyl (C=O) groups is 1. The highest BCUT2D eigenvalue weighted by Gasteiger charge is 2.31.